The summed E-state index contributed by atoms with van der Waals surface area (Å²) >= 11 is 0. The smallest absolute Gasteiger partial charge is 0.298 e. The van der Waals surface area contributed by atoms with E-state index in [0.29, 0.717) is 13.0 Å². The third-order valence-electron chi connectivity index (χ3n) is 4.92. The largest absolute Gasteiger partial charge is 0.342 e. The summed E-state index contributed by atoms with van der Waals surface area (Å²) in [6.07, 6.45) is 17.6. The molecule has 0 aliphatic heterocycles. The van der Waals surface area contributed by atoms with Gasteiger partial charge in [0.2, 0.25) is 0 Å². The van der Waals surface area contributed by atoms with Crippen LogP contribution in [-0.4, -0.2) is 12.6 Å². The summed E-state index contributed by atoms with van der Waals surface area (Å²) in [7, 11) is 0. The zero-order valence-electron chi connectivity index (χ0n) is 17.4. The van der Waals surface area contributed by atoms with Gasteiger partial charge in [0.05, 0.1) is 6.61 Å². The van der Waals surface area contributed by atoms with Crippen LogP contribution in [0.3, 0.4) is 0 Å². The van der Waals surface area contributed by atoms with E-state index in [-0.39, 0.29) is 5.97 Å². The van der Waals surface area contributed by atoms with Crippen molar-refractivity contribution >= 4 is 5.97 Å². The zero-order chi connectivity index (χ0) is 19.4. The number of unbranched alkanes of at least 4 members (excludes halogenated alkanes) is 11. The van der Waals surface area contributed by atoms with Crippen LogP contribution < -0.4 is 0 Å². The van der Waals surface area contributed by atoms with Crippen molar-refractivity contribution in [3.63, 3.8) is 0 Å². The van der Waals surface area contributed by atoms with Gasteiger partial charge in [0, 0.05) is 6.42 Å². The molecule has 0 amide bonds. The van der Waals surface area contributed by atoms with Crippen molar-refractivity contribution in [2.24, 2.45) is 0 Å². The second-order valence-corrected chi connectivity index (χ2v) is 7.51. The van der Waals surface area contributed by atoms with Gasteiger partial charge in [-0.1, -0.05) is 101 Å². The predicted octanol–water partition coefficient (Wildman–Crippen LogP) is 7.19. The third kappa shape index (κ3) is 15.4. The van der Waals surface area contributed by atoms with Gasteiger partial charge < -0.3 is 0 Å². The van der Waals surface area contributed by atoms with E-state index < -0.39 is 0 Å². The Balaban J connectivity index is 1.73. The van der Waals surface area contributed by atoms with Gasteiger partial charge in [0.1, 0.15) is 0 Å². The molecule has 0 saturated heterocycles. The van der Waals surface area contributed by atoms with Crippen molar-refractivity contribution in [2.45, 2.75) is 103 Å². The lowest BCUT2D eigenvalue weighted by Crippen LogP contribution is -2.06. The minimum Gasteiger partial charge on any atom is -0.298 e. The Labute approximate surface area is 166 Å². The molecule has 1 rings (SSSR count). The van der Waals surface area contributed by atoms with E-state index in [2.05, 4.69) is 37.3 Å². The number of hydrogen-bond acceptors (Lipinski definition) is 3. The van der Waals surface area contributed by atoms with Gasteiger partial charge in [-0.15, -0.1) is 0 Å². The number of hydrogen-bond donors (Lipinski definition) is 0. The second kappa shape index (κ2) is 18.0. The van der Waals surface area contributed by atoms with Crippen LogP contribution in [-0.2, 0) is 21.0 Å². The predicted molar refractivity (Wildman–Crippen MR) is 113 cm³/mol. The number of carbonyl (C=O) groups is 1. The van der Waals surface area contributed by atoms with Gasteiger partial charge in [-0.05, 0) is 31.2 Å². The maximum absolute atomic E-state index is 11.3. The molecule has 0 fully saturated rings. The van der Waals surface area contributed by atoms with Crippen LogP contribution in [0.1, 0.15) is 102 Å². The van der Waals surface area contributed by atoms with E-state index in [1.807, 2.05) is 0 Å². The summed E-state index contributed by atoms with van der Waals surface area (Å²) in [6, 6.07) is 10.8. The summed E-state index contributed by atoms with van der Waals surface area (Å²) in [6.45, 7) is 2.65. The molecule has 0 heterocycles. The normalized spacial score (nSPS) is 10.9. The molecule has 0 spiro atoms. The van der Waals surface area contributed by atoms with Crippen LogP contribution in [0.2, 0.25) is 0 Å². The minimum atomic E-state index is -0.229. The Morgan fingerprint density at radius 3 is 1.96 bits per heavy atom. The van der Waals surface area contributed by atoms with Crippen molar-refractivity contribution < 1.29 is 14.6 Å². The van der Waals surface area contributed by atoms with Crippen molar-refractivity contribution in [3.05, 3.63) is 35.9 Å². The highest BCUT2D eigenvalue weighted by molar-refractivity contribution is 5.68. The summed E-state index contributed by atoms with van der Waals surface area (Å²) in [5.41, 5.74) is 1.47. The third-order valence-corrected chi connectivity index (χ3v) is 4.92. The SMILES string of the molecule is CCCCCC(=O)OOCCCCCCCCCCCCc1ccccc1. The summed E-state index contributed by atoms with van der Waals surface area (Å²) < 4.78 is 0. The molecule has 0 bridgehead atoms. The molecule has 27 heavy (non-hydrogen) atoms. The lowest BCUT2D eigenvalue weighted by atomic mass is 10.0. The molecular formula is C24H40O3. The first kappa shape index (κ1) is 23.7. The first-order chi connectivity index (χ1) is 13.3. The molecule has 1 aromatic carbocycles. The molecule has 0 aliphatic rings. The van der Waals surface area contributed by atoms with Crippen molar-refractivity contribution in [1.82, 2.24) is 0 Å². The van der Waals surface area contributed by atoms with Gasteiger partial charge in [-0.2, -0.15) is 4.89 Å². The van der Waals surface area contributed by atoms with E-state index in [9.17, 15) is 4.79 Å². The molecule has 0 unspecified atom stereocenters. The van der Waals surface area contributed by atoms with Gasteiger partial charge in [0.25, 0.3) is 0 Å². The monoisotopic (exact) mass is 376 g/mol. The van der Waals surface area contributed by atoms with Gasteiger partial charge in [0.15, 0.2) is 0 Å². The summed E-state index contributed by atoms with van der Waals surface area (Å²) in [5, 5.41) is 0. The summed E-state index contributed by atoms with van der Waals surface area (Å²) in [4.78, 5) is 21.1. The van der Waals surface area contributed by atoms with Crippen LogP contribution >= 0.6 is 0 Å². The summed E-state index contributed by atoms with van der Waals surface area (Å²) in [5.74, 6) is -0.229. The van der Waals surface area contributed by atoms with Crippen molar-refractivity contribution in [2.75, 3.05) is 6.61 Å². The highest BCUT2D eigenvalue weighted by atomic mass is 17.2. The first-order valence-electron chi connectivity index (χ1n) is 11.2. The van der Waals surface area contributed by atoms with Gasteiger partial charge >= 0.3 is 5.97 Å². The molecule has 0 atom stereocenters. The average molecular weight is 377 g/mol. The maximum Gasteiger partial charge on any atom is 0.342 e. The fourth-order valence-electron chi connectivity index (χ4n) is 3.22. The molecular weight excluding hydrogens is 336 g/mol. The molecule has 0 aromatic heterocycles. The van der Waals surface area contributed by atoms with Crippen LogP contribution in [0.25, 0.3) is 0 Å². The Morgan fingerprint density at radius 1 is 0.741 bits per heavy atom. The topological polar surface area (TPSA) is 35.5 Å². The Morgan fingerprint density at radius 2 is 1.33 bits per heavy atom. The minimum absolute atomic E-state index is 0.229. The van der Waals surface area contributed by atoms with E-state index in [1.165, 1.54) is 63.4 Å². The standard InChI is InChI=1S/C24H40O3/c1-2-3-13-21-24(25)27-26-22-17-11-9-7-5-4-6-8-10-14-18-23-19-15-12-16-20-23/h12,15-16,19-20H,2-11,13-14,17-18,21-22H2,1H3. The molecule has 3 heteroatoms. The van der Waals surface area contributed by atoms with E-state index in [0.717, 1.165) is 32.1 Å². The molecule has 0 N–H and O–H groups in total. The lowest BCUT2D eigenvalue weighted by Gasteiger charge is -2.04. The molecule has 3 nitrogen and oxygen atoms in total. The molecule has 0 aliphatic carbocycles. The number of aryl methyl sites for hydroxylation is 1. The number of benzene rings is 1. The zero-order valence-corrected chi connectivity index (χ0v) is 17.4. The van der Waals surface area contributed by atoms with Crippen LogP contribution in [0, 0.1) is 0 Å². The maximum atomic E-state index is 11.3. The molecule has 154 valence electrons. The highest BCUT2D eigenvalue weighted by Crippen LogP contribution is 2.12. The Hall–Kier alpha value is -1.35. The fraction of sp³-hybridized carbons (Fsp3) is 0.708. The van der Waals surface area contributed by atoms with Crippen LogP contribution in [0.15, 0.2) is 30.3 Å². The van der Waals surface area contributed by atoms with Crippen molar-refractivity contribution in [3.8, 4) is 0 Å². The van der Waals surface area contributed by atoms with Crippen molar-refractivity contribution in [1.29, 1.82) is 0 Å². The second-order valence-electron chi connectivity index (χ2n) is 7.51. The van der Waals surface area contributed by atoms with Gasteiger partial charge in [-0.3, -0.25) is 4.89 Å². The Bertz CT molecular complexity index is 444. The van der Waals surface area contributed by atoms with Crippen LogP contribution in [0.5, 0.6) is 0 Å². The quantitative estimate of drug-likeness (QED) is 0.154. The lowest BCUT2D eigenvalue weighted by molar-refractivity contribution is -0.272. The van der Waals surface area contributed by atoms with Crippen LogP contribution in [0.4, 0.5) is 0 Å². The average Bonchev–Trinajstić information content (AvgIpc) is 2.69. The fourth-order valence-corrected chi connectivity index (χ4v) is 3.22. The molecule has 0 radical (unpaired) electrons. The number of rotatable bonds is 18. The molecule has 1 aromatic rings. The number of carbonyl (C=O) groups excluding carboxylic acids is 1. The van der Waals surface area contributed by atoms with Gasteiger partial charge in [-0.25, -0.2) is 4.79 Å². The molecule has 0 saturated carbocycles. The Kier molecular flexibility index (Phi) is 15.8. The highest BCUT2D eigenvalue weighted by Gasteiger charge is 2.03. The van der Waals surface area contributed by atoms with E-state index in [4.69, 9.17) is 9.78 Å². The van der Waals surface area contributed by atoms with E-state index in [1.54, 1.807) is 0 Å². The first-order valence-corrected chi connectivity index (χ1v) is 11.2. The van der Waals surface area contributed by atoms with E-state index >= 15 is 0 Å².